The molecule has 4 nitrogen and oxygen atoms in total. The molecule has 0 bridgehead atoms. The SMILES string of the molecule is CC(C(=O)O)(C(=O)c1cccc2ccccc12)c1c[nH]c2ccccc12. The highest BCUT2D eigenvalue weighted by Gasteiger charge is 2.45. The van der Waals surface area contributed by atoms with E-state index in [1.807, 2.05) is 54.6 Å². The third-order valence-corrected chi connectivity index (χ3v) is 5.04. The summed E-state index contributed by atoms with van der Waals surface area (Å²) in [6, 6.07) is 20.3. The summed E-state index contributed by atoms with van der Waals surface area (Å²) in [4.78, 5) is 28.8. The lowest BCUT2D eigenvalue weighted by molar-refractivity contribution is -0.141. The lowest BCUT2D eigenvalue weighted by atomic mass is 9.75. The summed E-state index contributed by atoms with van der Waals surface area (Å²) in [7, 11) is 0. The van der Waals surface area contributed by atoms with Crippen molar-refractivity contribution in [2.24, 2.45) is 0 Å². The number of benzene rings is 3. The van der Waals surface area contributed by atoms with E-state index in [0.29, 0.717) is 11.1 Å². The topological polar surface area (TPSA) is 70.2 Å². The van der Waals surface area contributed by atoms with Gasteiger partial charge in [-0.25, -0.2) is 0 Å². The standard InChI is InChI=1S/C22H17NO3/c1-22(21(25)26,18-13-23-19-12-5-4-10-17(18)19)20(24)16-11-6-8-14-7-2-3-9-15(14)16/h2-13,23H,1H3,(H,25,26). The van der Waals surface area contributed by atoms with Crippen LogP contribution in [0.25, 0.3) is 21.7 Å². The monoisotopic (exact) mass is 343 g/mol. The molecule has 26 heavy (non-hydrogen) atoms. The molecule has 0 fully saturated rings. The Labute approximate surface area is 150 Å². The molecule has 2 N–H and O–H groups in total. The summed E-state index contributed by atoms with van der Waals surface area (Å²) >= 11 is 0. The second kappa shape index (κ2) is 5.85. The predicted molar refractivity (Wildman–Crippen MR) is 102 cm³/mol. The second-order valence-electron chi connectivity index (χ2n) is 6.53. The van der Waals surface area contributed by atoms with Crippen LogP contribution in [0, 0.1) is 0 Å². The highest BCUT2D eigenvalue weighted by Crippen LogP contribution is 2.35. The number of carbonyl (C=O) groups is 2. The van der Waals surface area contributed by atoms with Crippen LogP contribution in [0.5, 0.6) is 0 Å². The number of para-hydroxylation sites is 1. The van der Waals surface area contributed by atoms with E-state index in [1.165, 1.54) is 6.92 Å². The van der Waals surface area contributed by atoms with E-state index in [9.17, 15) is 14.7 Å². The number of nitrogens with one attached hydrogen (secondary N) is 1. The number of aromatic nitrogens is 1. The molecular formula is C22H17NO3. The maximum absolute atomic E-state index is 13.5. The van der Waals surface area contributed by atoms with E-state index in [1.54, 1.807) is 18.3 Å². The molecule has 4 heteroatoms. The predicted octanol–water partition coefficient (Wildman–Crippen LogP) is 4.55. The molecule has 4 rings (SSSR count). The van der Waals surface area contributed by atoms with Gasteiger partial charge in [-0.1, -0.05) is 60.7 Å². The van der Waals surface area contributed by atoms with Gasteiger partial charge in [-0.2, -0.15) is 0 Å². The normalized spacial score (nSPS) is 13.6. The number of carboxylic acid groups (broad SMARTS) is 1. The van der Waals surface area contributed by atoms with Crippen LogP contribution in [0.1, 0.15) is 22.8 Å². The Morgan fingerprint density at radius 2 is 1.54 bits per heavy atom. The van der Waals surface area contributed by atoms with Crippen LogP contribution in [0.2, 0.25) is 0 Å². The zero-order valence-corrected chi connectivity index (χ0v) is 14.2. The molecule has 0 aliphatic carbocycles. The molecule has 0 saturated heterocycles. The van der Waals surface area contributed by atoms with Gasteiger partial charge in [0.15, 0.2) is 11.2 Å². The highest BCUT2D eigenvalue weighted by atomic mass is 16.4. The molecule has 3 aromatic carbocycles. The number of aromatic amines is 1. The fraction of sp³-hybridized carbons (Fsp3) is 0.0909. The van der Waals surface area contributed by atoms with Gasteiger partial charge in [0.05, 0.1) is 0 Å². The van der Waals surface area contributed by atoms with Crippen molar-refractivity contribution in [1.82, 2.24) is 4.98 Å². The minimum absolute atomic E-state index is 0.415. The summed E-state index contributed by atoms with van der Waals surface area (Å²) in [6.07, 6.45) is 1.63. The number of fused-ring (bicyclic) bond motifs is 2. The van der Waals surface area contributed by atoms with Crippen LogP contribution in [-0.4, -0.2) is 21.8 Å². The van der Waals surface area contributed by atoms with Crippen LogP contribution in [0.3, 0.4) is 0 Å². The van der Waals surface area contributed by atoms with Gasteiger partial charge in [0, 0.05) is 28.2 Å². The molecule has 0 aliphatic rings. The van der Waals surface area contributed by atoms with Crippen molar-refractivity contribution in [2.75, 3.05) is 0 Å². The zero-order valence-electron chi connectivity index (χ0n) is 14.2. The molecule has 0 amide bonds. The van der Waals surface area contributed by atoms with Crippen molar-refractivity contribution in [1.29, 1.82) is 0 Å². The zero-order chi connectivity index (χ0) is 18.3. The quantitative estimate of drug-likeness (QED) is 0.422. The van der Waals surface area contributed by atoms with Crippen LogP contribution < -0.4 is 0 Å². The number of hydrogen-bond donors (Lipinski definition) is 2. The van der Waals surface area contributed by atoms with Crippen molar-refractivity contribution in [3.63, 3.8) is 0 Å². The molecule has 1 unspecified atom stereocenters. The largest absolute Gasteiger partial charge is 0.480 e. The number of carboxylic acids is 1. The van der Waals surface area contributed by atoms with E-state index < -0.39 is 17.2 Å². The molecule has 0 saturated carbocycles. The summed E-state index contributed by atoms with van der Waals surface area (Å²) in [5.74, 6) is -1.59. The number of carbonyl (C=O) groups excluding carboxylic acids is 1. The average Bonchev–Trinajstić information content (AvgIpc) is 3.10. The van der Waals surface area contributed by atoms with Crippen molar-refractivity contribution in [3.8, 4) is 0 Å². The van der Waals surface area contributed by atoms with Gasteiger partial charge in [-0.05, 0) is 23.8 Å². The molecule has 0 aliphatic heterocycles. The van der Waals surface area contributed by atoms with Crippen molar-refractivity contribution < 1.29 is 14.7 Å². The van der Waals surface area contributed by atoms with Crippen LogP contribution in [0.4, 0.5) is 0 Å². The van der Waals surface area contributed by atoms with Gasteiger partial charge in [0.25, 0.3) is 0 Å². The Hall–Kier alpha value is -3.40. The smallest absolute Gasteiger partial charge is 0.321 e. The van der Waals surface area contributed by atoms with Crippen molar-refractivity contribution >= 4 is 33.4 Å². The summed E-state index contributed by atoms with van der Waals surface area (Å²) in [5.41, 5.74) is 0.00139. The third-order valence-electron chi connectivity index (χ3n) is 5.04. The first-order valence-corrected chi connectivity index (χ1v) is 8.36. The van der Waals surface area contributed by atoms with Crippen molar-refractivity contribution in [2.45, 2.75) is 12.3 Å². The Morgan fingerprint density at radius 3 is 2.31 bits per heavy atom. The summed E-state index contributed by atoms with van der Waals surface area (Å²) < 4.78 is 0. The number of rotatable bonds is 4. The first-order valence-electron chi connectivity index (χ1n) is 8.36. The van der Waals surface area contributed by atoms with Crippen molar-refractivity contribution in [3.05, 3.63) is 84.1 Å². The van der Waals surface area contributed by atoms with Gasteiger partial charge in [-0.3, -0.25) is 9.59 Å². The number of aliphatic carboxylic acids is 1. The fourth-order valence-electron chi connectivity index (χ4n) is 3.51. The maximum atomic E-state index is 13.5. The van der Waals surface area contributed by atoms with E-state index in [0.717, 1.165) is 21.7 Å². The third kappa shape index (κ3) is 2.23. The lowest BCUT2D eigenvalue weighted by Gasteiger charge is -2.24. The minimum atomic E-state index is -1.69. The molecule has 4 aromatic rings. The van der Waals surface area contributed by atoms with Gasteiger partial charge < -0.3 is 10.1 Å². The average molecular weight is 343 g/mol. The van der Waals surface area contributed by atoms with E-state index in [-0.39, 0.29) is 0 Å². The molecule has 1 heterocycles. The first-order chi connectivity index (χ1) is 12.5. The molecule has 0 spiro atoms. The Balaban J connectivity index is 1.97. The van der Waals surface area contributed by atoms with Crippen LogP contribution >= 0.6 is 0 Å². The fourth-order valence-corrected chi connectivity index (χ4v) is 3.51. The Morgan fingerprint density at radius 1 is 0.885 bits per heavy atom. The van der Waals surface area contributed by atoms with Crippen LogP contribution in [-0.2, 0) is 10.2 Å². The number of H-pyrrole nitrogens is 1. The maximum Gasteiger partial charge on any atom is 0.321 e. The number of Topliss-reactive ketones (excluding diaryl/α,β-unsaturated/α-hetero) is 1. The van der Waals surface area contributed by atoms with Gasteiger partial charge in [0.1, 0.15) is 0 Å². The molecular weight excluding hydrogens is 326 g/mol. The lowest BCUT2D eigenvalue weighted by Crippen LogP contribution is -2.41. The number of hydrogen-bond acceptors (Lipinski definition) is 2. The molecule has 1 aromatic heterocycles. The minimum Gasteiger partial charge on any atom is -0.480 e. The van der Waals surface area contributed by atoms with Gasteiger partial charge in [0.2, 0.25) is 0 Å². The van der Waals surface area contributed by atoms with E-state index in [4.69, 9.17) is 0 Å². The van der Waals surface area contributed by atoms with Gasteiger partial charge >= 0.3 is 5.97 Å². The number of ketones is 1. The van der Waals surface area contributed by atoms with E-state index >= 15 is 0 Å². The molecule has 1 atom stereocenters. The highest BCUT2D eigenvalue weighted by molar-refractivity contribution is 6.22. The molecule has 128 valence electrons. The first kappa shape index (κ1) is 16.1. The Kier molecular flexibility index (Phi) is 3.62. The Bertz CT molecular complexity index is 1150. The van der Waals surface area contributed by atoms with Gasteiger partial charge in [-0.15, -0.1) is 0 Å². The summed E-state index contributed by atoms with van der Waals surface area (Å²) in [6.45, 7) is 1.48. The summed E-state index contributed by atoms with van der Waals surface area (Å²) in [5, 5.41) is 12.4. The van der Waals surface area contributed by atoms with E-state index in [2.05, 4.69) is 4.98 Å². The van der Waals surface area contributed by atoms with Crippen LogP contribution in [0.15, 0.2) is 72.9 Å². The second-order valence-corrected chi connectivity index (χ2v) is 6.53. The molecule has 0 radical (unpaired) electrons.